The van der Waals surface area contributed by atoms with Crippen molar-refractivity contribution in [2.45, 2.75) is 32.9 Å². The number of benzene rings is 1. The number of hydrogen-bond acceptors (Lipinski definition) is 5. The maximum Gasteiger partial charge on any atom is 0.254 e. The Morgan fingerprint density at radius 2 is 2.19 bits per heavy atom. The fourth-order valence-electron chi connectivity index (χ4n) is 3.05. The predicted molar refractivity (Wildman–Crippen MR) is 101 cm³/mol. The number of hydrogen-bond donors (Lipinski definition) is 0. The van der Waals surface area contributed by atoms with E-state index in [4.69, 9.17) is 14.2 Å². The van der Waals surface area contributed by atoms with Crippen LogP contribution in [0.5, 0.6) is 11.5 Å². The van der Waals surface area contributed by atoms with Crippen LogP contribution in [0.2, 0.25) is 0 Å². The molecule has 0 radical (unpaired) electrons. The monoisotopic (exact) mass is 373 g/mol. The van der Waals surface area contributed by atoms with Crippen LogP contribution in [0.25, 0.3) is 0 Å². The second-order valence-corrected chi connectivity index (χ2v) is 6.42. The summed E-state index contributed by atoms with van der Waals surface area (Å²) in [6, 6.07) is 7.27. The van der Waals surface area contributed by atoms with Crippen LogP contribution in [0.3, 0.4) is 0 Å². The van der Waals surface area contributed by atoms with Gasteiger partial charge in [0.2, 0.25) is 0 Å². The number of ether oxygens (including phenoxy) is 3. The van der Waals surface area contributed by atoms with Gasteiger partial charge >= 0.3 is 0 Å². The van der Waals surface area contributed by atoms with E-state index in [1.54, 1.807) is 18.3 Å². The smallest absolute Gasteiger partial charge is 0.254 e. The van der Waals surface area contributed by atoms with Crippen molar-refractivity contribution in [2.75, 3.05) is 32.9 Å². The van der Waals surface area contributed by atoms with E-state index in [0.717, 1.165) is 6.42 Å². The van der Waals surface area contributed by atoms with Crippen LogP contribution >= 0.6 is 0 Å². The molecule has 0 bridgehead atoms. The molecule has 1 fully saturated rings. The normalized spacial score (nSPS) is 17.0. The van der Waals surface area contributed by atoms with Gasteiger partial charge in [-0.2, -0.15) is 5.10 Å². The number of rotatable bonds is 8. The van der Waals surface area contributed by atoms with Gasteiger partial charge in [-0.1, -0.05) is 6.92 Å². The van der Waals surface area contributed by atoms with E-state index in [9.17, 15) is 4.79 Å². The molecule has 1 unspecified atom stereocenters. The fourth-order valence-corrected chi connectivity index (χ4v) is 3.05. The third-order valence-electron chi connectivity index (χ3n) is 4.33. The zero-order valence-corrected chi connectivity index (χ0v) is 16.0. The van der Waals surface area contributed by atoms with Crippen molar-refractivity contribution in [3.05, 3.63) is 42.2 Å². The van der Waals surface area contributed by atoms with Crippen LogP contribution in [0.1, 0.15) is 30.6 Å². The van der Waals surface area contributed by atoms with E-state index in [-0.39, 0.29) is 12.0 Å². The number of nitrogens with zero attached hydrogens (tertiary/aromatic N) is 3. The Kier molecular flexibility index (Phi) is 6.70. The molecule has 2 heterocycles. The van der Waals surface area contributed by atoms with Crippen LogP contribution in [-0.2, 0) is 11.3 Å². The highest BCUT2D eigenvalue weighted by Crippen LogP contribution is 2.29. The highest BCUT2D eigenvalue weighted by molar-refractivity contribution is 5.95. The number of amides is 1. The molecule has 7 heteroatoms. The average Bonchev–Trinajstić information content (AvgIpc) is 3.20. The van der Waals surface area contributed by atoms with Gasteiger partial charge in [0.15, 0.2) is 11.5 Å². The van der Waals surface area contributed by atoms with E-state index in [2.05, 4.69) is 12.0 Å². The molecule has 1 saturated heterocycles. The molecule has 1 atom stereocenters. The van der Waals surface area contributed by atoms with E-state index >= 15 is 0 Å². The van der Waals surface area contributed by atoms with Crippen molar-refractivity contribution in [3.63, 3.8) is 0 Å². The molecular formula is C20H27N3O4. The predicted octanol–water partition coefficient (Wildman–Crippen LogP) is 2.61. The summed E-state index contributed by atoms with van der Waals surface area (Å²) in [6.07, 6.45) is 4.48. The number of carbonyl (C=O) groups excluding carboxylic acids is 1. The van der Waals surface area contributed by atoms with Crippen LogP contribution in [-0.4, -0.2) is 59.6 Å². The van der Waals surface area contributed by atoms with Crippen LogP contribution in [0.4, 0.5) is 0 Å². The van der Waals surface area contributed by atoms with Crippen molar-refractivity contribution < 1.29 is 19.0 Å². The summed E-state index contributed by atoms with van der Waals surface area (Å²) in [7, 11) is 0. The summed E-state index contributed by atoms with van der Waals surface area (Å²) in [4.78, 5) is 14.8. The number of morpholine rings is 1. The molecule has 3 rings (SSSR count). The molecule has 146 valence electrons. The second-order valence-electron chi connectivity index (χ2n) is 6.42. The molecule has 7 nitrogen and oxygen atoms in total. The summed E-state index contributed by atoms with van der Waals surface area (Å²) in [5, 5.41) is 4.21. The van der Waals surface area contributed by atoms with Crippen molar-refractivity contribution in [2.24, 2.45) is 0 Å². The summed E-state index contributed by atoms with van der Waals surface area (Å²) in [5.41, 5.74) is 0.599. The maximum absolute atomic E-state index is 13.0. The van der Waals surface area contributed by atoms with Crippen LogP contribution in [0, 0.1) is 0 Å². The quantitative estimate of drug-likeness (QED) is 0.712. The second kappa shape index (κ2) is 9.41. The zero-order valence-electron chi connectivity index (χ0n) is 16.0. The fraction of sp³-hybridized carbons (Fsp3) is 0.500. The van der Waals surface area contributed by atoms with Gasteiger partial charge in [-0.3, -0.25) is 9.48 Å². The maximum atomic E-state index is 13.0. The highest BCUT2D eigenvalue weighted by Gasteiger charge is 2.26. The lowest BCUT2D eigenvalue weighted by molar-refractivity contribution is -0.0300. The summed E-state index contributed by atoms with van der Waals surface area (Å²) < 4.78 is 19.0. The first-order valence-electron chi connectivity index (χ1n) is 9.49. The Labute approximate surface area is 159 Å². The van der Waals surface area contributed by atoms with Crippen molar-refractivity contribution in [1.82, 2.24) is 14.7 Å². The minimum absolute atomic E-state index is 0.0215. The molecule has 0 aliphatic carbocycles. The Hall–Kier alpha value is -2.54. The minimum Gasteiger partial charge on any atom is -0.490 e. The molecule has 0 N–H and O–H groups in total. The molecule has 1 amide bonds. The van der Waals surface area contributed by atoms with Crippen LogP contribution < -0.4 is 9.47 Å². The number of aromatic nitrogens is 2. The van der Waals surface area contributed by atoms with E-state index in [1.807, 2.05) is 34.8 Å². The minimum atomic E-state index is -0.0684. The lowest BCUT2D eigenvalue weighted by Crippen LogP contribution is -2.47. The largest absolute Gasteiger partial charge is 0.490 e. The first-order chi connectivity index (χ1) is 13.2. The standard InChI is InChI=1S/C20H27N3O4/c1-3-11-27-18-7-6-16(13-19(18)25-4-2)20(24)22-10-12-26-17(14-22)15-23-9-5-8-21-23/h5-9,13,17H,3-4,10-12,14-15H2,1-2H3. The molecule has 1 aromatic carbocycles. The van der Waals surface area contributed by atoms with E-state index in [0.29, 0.717) is 56.5 Å². The van der Waals surface area contributed by atoms with Gasteiger partial charge in [-0.15, -0.1) is 0 Å². The SMILES string of the molecule is CCCOc1ccc(C(=O)N2CCOC(Cn3cccn3)C2)cc1OCC. The lowest BCUT2D eigenvalue weighted by atomic mass is 10.1. The Bertz CT molecular complexity index is 733. The van der Waals surface area contributed by atoms with E-state index < -0.39 is 0 Å². The van der Waals surface area contributed by atoms with Crippen LogP contribution in [0.15, 0.2) is 36.7 Å². The molecule has 2 aromatic rings. The molecule has 27 heavy (non-hydrogen) atoms. The molecular weight excluding hydrogens is 346 g/mol. The molecule has 0 spiro atoms. The van der Waals surface area contributed by atoms with Gasteiger partial charge < -0.3 is 19.1 Å². The molecule has 1 aromatic heterocycles. The van der Waals surface area contributed by atoms with Gasteiger partial charge in [-0.25, -0.2) is 0 Å². The first-order valence-corrected chi connectivity index (χ1v) is 9.49. The van der Waals surface area contributed by atoms with Crippen molar-refractivity contribution in [1.29, 1.82) is 0 Å². The topological polar surface area (TPSA) is 65.8 Å². The number of carbonyl (C=O) groups is 1. The third-order valence-corrected chi connectivity index (χ3v) is 4.33. The van der Waals surface area contributed by atoms with Gasteiger partial charge in [0.25, 0.3) is 5.91 Å². The third kappa shape index (κ3) is 5.01. The molecule has 0 saturated carbocycles. The van der Waals surface area contributed by atoms with Gasteiger partial charge in [-0.05, 0) is 37.6 Å². The molecule has 1 aliphatic heterocycles. The zero-order chi connectivity index (χ0) is 19.1. The highest BCUT2D eigenvalue weighted by atomic mass is 16.5. The average molecular weight is 373 g/mol. The van der Waals surface area contributed by atoms with Gasteiger partial charge in [0, 0.05) is 31.0 Å². The van der Waals surface area contributed by atoms with Crippen molar-refractivity contribution in [3.8, 4) is 11.5 Å². The summed E-state index contributed by atoms with van der Waals surface area (Å²) in [5.74, 6) is 1.26. The molecule has 1 aliphatic rings. The van der Waals surface area contributed by atoms with Gasteiger partial charge in [0.05, 0.1) is 32.5 Å². The summed E-state index contributed by atoms with van der Waals surface area (Å²) in [6.45, 7) is 7.37. The summed E-state index contributed by atoms with van der Waals surface area (Å²) >= 11 is 0. The van der Waals surface area contributed by atoms with Crippen molar-refractivity contribution >= 4 is 5.91 Å². The Morgan fingerprint density at radius 1 is 1.30 bits per heavy atom. The lowest BCUT2D eigenvalue weighted by Gasteiger charge is -2.33. The first kappa shape index (κ1) is 19.2. The van der Waals surface area contributed by atoms with E-state index in [1.165, 1.54) is 0 Å². The van der Waals surface area contributed by atoms with Gasteiger partial charge in [0.1, 0.15) is 0 Å². The Morgan fingerprint density at radius 3 is 2.93 bits per heavy atom. The Balaban J connectivity index is 1.69.